The number of rotatable bonds is 4. The third-order valence-electron chi connectivity index (χ3n) is 5.43. The number of nitrogens with zero attached hydrogens (tertiary/aromatic N) is 2. The van der Waals surface area contributed by atoms with Gasteiger partial charge in [0.15, 0.2) is 0 Å². The van der Waals surface area contributed by atoms with E-state index >= 15 is 0 Å². The first kappa shape index (κ1) is 25.7. The van der Waals surface area contributed by atoms with E-state index in [1.807, 2.05) is 0 Å². The number of aromatic nitrogens is 2. The zero-order valence-corrected chi connectivity index (χ0v) is 19.0. The Labute approximate surface area is 206 Å². The van der Waals surface area contributed by atoms with Crippen molar-refractivity contribution in [3.63, 3.8) is 0 Å². The van der Waals surface area contributed by atoms with Crippen LogP contribution in [-0.2, 0) is 19.4 Å². The molecule has 0 atom stereocenters. The van der Waals surface area contributed by atoms with E-state index in [-0.39, 0.29) is 17.3 Å². The molecule has 0 saturated heterocycles. The highest BCUT2D eigenvalue weighted by molar-refractivity contribution is 6.10. The molecule has 0 aliphatic heterocycles. The number of hydrogen-bond acceptors (Lipinski definition) is 3. The molecule has 1 aromatic heterocycles. The lowest BCUT2D eigenvalue weighted by Gasteiger charge is -2.17. The Hall–Kier alpha value is -4.41. The van der Waals surface area contributed by atoms with Crippen LogP contribution in [0, 0.1) is 0 Å². The van der Waals surface area contributed by atoms with Crippen molar-refractivity contribution in [3.05, 3.63) is 106 Å². The number of carbonyl (C=O) groups is 1. The van der Waals surface area contributed by atoms with Gasteiger partial charge >= 0.3 is 12.4 Å². The van der Waals surface area contributed by atoms with Crippen LogP contribution in [0.25, 0.3) is 22.4 Å². The van der Waals surface area contributed by atoms with Gasteiger partial charge in [-0.25, -0.2) is 4.68 Å². The molecule has 11 heteroatoms. The van der Waals surface area contributed by atoms with Crippen LogP contribution >= 0.6 is 0 Å². The van der Waals surface area contributed by atoms with Gasteiger partial charge < -0.3 is 5.32 Å². The average Bonchev–Trinajstić information content (AvgIpc) is 2.85. The number of halogens is 6. The smallest absolute Gasteiger partial charge is 0.322 e. The molecule has 1 heterocycles. The first-order valence-electron chi connectivity index (χ1n) is 10.7. The predicted octanol–water partition coefficient (Wildman–Crippen LogP) is 6.40. The highest BCUT2D eigenvalue weighted by Crippen LogP contribution is 2.38. The lowest BCUT2D eigenvalue weighted by atomic mass is 9.95. The first-order valence-corrected chi connectivity index (χ1v) is 10.7. The molecule has 3 aromatic carbocycles. The number of carbonyl (C=O) groups excluding carboxylic acids is 1. The summed E-state index contributed by atoms with van der Waals surface area (Å²) >= 11 is 0. The number of aryl methyl sites for hydroxylation is 1. The van der Waals surface area contributed by atoms with Crippen molar-refractivity contribution in [2.24, 2.45) is 7.05 Å². The van der Waals surface area contributed by atoms with Crippen molar-refractivity contribution in [3.8, 4) is 22.4 Å². The van der Waals surface area contributed by atoms with Crippen molar-refractivity contribution in [1.29, 1.82) is 0 Å². The molecule has 0 bridgehead atoms. The van der Waals surface area contributed by atoms with Crippen LogP contribution in [0.3, 0.4) is 0 Å². The zero-order valence-electron chi connectivity index (χ0n) is 19.0. The Bertz CT molecular complexity index is 1480. The second-order valence-electron chi connectivity index (χ2n) is 8.01. The maximum Gasteiger partial charge on any atom is 0.416 e. The van der Waals surface area contributed by atoms with E-state index in [2.05, 4.69) is 10.4 Å². The molecule has 4 rings (SSSR count). The van der Waals surface area contributed by atoms with Gasteiger partial charge in [0.1, 0.15) is 5.56 Å². The second-order valence-corrected chi connectivity index (χ2v) is 8.01. The van der Waals surface area contributed by atoms with E-state index in [1.54, 1.807) is 60.7 Å². The molecule has 0 aliphatic carbocycles. The molecule has 1 amide bonds. The van der Waals surface area contributed by atoms with Crippen LogP contribution in [0.2, 0.25) is 0 Å². The number of hydrogen-bond donors (Lipinski definition) is 1. The highest BCUT2D eigenvalue weighted by atomic mass is 19.4. The molecule has 0 spiro atoms. The Morgan fingerprint density at radius 3 is 1.76 bits per heavy atom. The number of alkyl halides is 6. The van der Waals surface area contributed by atoms with E-state index in [0.717, 1.165) is 4.68 Å². The van der Waals surface area contributed by atoms with E-state index in [0.29, 0.717) is 23.3 Å². The van der Waals surface area contributed by atoms with Crippen LogP contribution < -0.4 is 10.9 Å². The number of nitrogens with one attached hydrogen (secondary N) is 1. The van der Waals surface area contributed by atoms with Gasteiger partial charge in [-0.1, -0.05) is 60.7 Å². The summed E-state index contributed by atoms with van der Waals surface area (Å²) in [5.41, 5.74) is -4.13. The van der Waals surface area contributed by atoms with Crippen LogP contribution in [0.4, 0.5) is 32.0 Å². The largest absolute Gasteiger partial charge is 0.416 e. The first-order chi connectivity index (χ1) is 17.4. The normalized spacial score (nSPS) is 11.9. The van der Waals surface area contributed by atoms with Crippen molar-refractivity contribution in [2.75, 3.05) is 5.32 Å². The molecule has 5 nitrogen and oxygen atoms in total. The lowest BCUT2D eigenvalue weighted by Crippen LogP contribution is -2.31. The standard InChI is InChI=1S/C26H17F6N3O2/c1-35-24(37)21(20(15-8-4-2-5-9-15)22(34-35)16-10-6-3-7-11-16)23(36)33-19-13-17(25(27,28)29)12-18(14-19)26(30,31)32/h2-14H,1H3,(H,33,36). The van der Waals surface area contributed by atoms with Crippen molar-refractivity contribution >= 4 is 11.6 Å². The van der Waals surface area contributed by atoms with Gasteiger partial charge in [0, 0.05) is 23.9 Å². The fourth-order valence-corrected chi connectivity index (χ4v) is 3.75. The van der Waals surface area contributed by atoms with Gasteiger partial charge in [-0.05, 0) is 23.8 Å². The average molecular weight is 517 g/mol. The van der Waals surface area contributed by atoms with E-state index in [9.17, 15) is 35.9 Å². The maximum atomic E-state index is 13.4. The second kappa shape index (κ2) is 9.57. The fraction of sp³-hybridized carbons (Fsp3) is 0.115. The summed E-state index contributed by atoms with van der Waals surface area (Å²) in [6.45, 7) is 0. The van der Waals surface area contributed by atoms with Gasteiger partial charge in [0.05, 0.1) is 16.8 Å². The third-order valence-corrected chi connectivity index (χ3v) is 5.43. The Balaban J connectivity index is 1.93. The van der Waals surface area contributed by atoms with Crippen LogP contribution in [0.1, 0.15) is 21.5 Å². The quantitative estimate of drug-likeness (QED) is 0.319. The van der Waals surface area contributed by atoms with E-state index < -0.39 is 46.2 Å². The molecule has 0 radical (unpaired) electrons. The minimum atomic E-state index is -5.11. The molecular weight excluding hydrogens is 500 g/mol. The van der Waals surface area contributed by atoms with Crippen LogP contribution in [-0.4, -0.2) is 15.7 Å². The number of amides is 1. The van der Waals surface area contributed by atoms with Gasteiger partial charge in [0.2, 0.25) is 0 Å². The summed E-state index contributed by atoms with van der Waals surface area (Å²) in [6.07, 6.45) is -10.2. The van der Waals surface area contributed by atoms with Crippen LogP contribution in [0.15, 0.2) is 83.7 Å². The summed E-state index contributed by atoms with van der Waals surface area (Å²) in [5, 5.41) is 6.35. The van der Waals surface area contributed by atoms with Crippen LogP contribution in [0.5, 0.6) is 0 Å². The summed E-state index contributed by atoms with van der Waals surface area (Å²) in [6, 6.07) is 17.4. The van der Waals surface area contributed by atoms with Gasteiger partial charge in [0.25, 0.3) is 11.5 Å². The van der Waals surface area contributed by atoms with Gasteiger partial charge in [-0.3, -0.25) is 9.59 Å². The minimum absolute atomic E-state index is 0.0516. The topological polar surface area (TPSA) is 64.0 Å². The molecule has 0 fully saturated rings. The van der Waals surface area contributed by atoms with Gasteiger partial charge in [-0.15, -0.1) is 0 Å². The fourth-order valence-electron chi connectivity index (χ4n) is 3.75. The van der Waals surface area contributed by atoms with E-state index in [4.69, 9.17) is 0 Å². The zero-order chi connectivity index (χ0) is 27.0. The lowest BCUT2D eigenvalue weighted by molar-refractivity contribution is -0.143. The molecule has 37 heavy (non-hydrogen) atoms. The summed E-state index contributed by atoms with van der Waals surface area (Å²) in [4.78, 5) is 26.5. The van der Waals surface area contributed by atoms with Crippen molar-refractivity contribution in [2.45, 2.75) is 12.4 Å². The molecule has 0 unspecified atom stereocenters. The van der Waals surface area contributed by atoms with Crippen molar-refractivity contribution in [1.82, 2.24) is 9.78 Å². The van der Waals surface area contributed by atoms with Gasteiger partial charge in [-0.2, -0.15) is 31.4 Å². The maximum absolute atomic E-state index is 13.4. The van der Waals surface area contributed by atoms with E-state index in [1.165, 1.54) is 7.05 Å². The molecule has 0 aliphatic rings. The number of anilines is 1. The molecule has 0 saturated carbocycles. The molecule has 1 N–H and O–H groups in total. The summed E-state index contributed by atoms with van der Waals surface area (Å²) in [5.74, 6) is -1.19. The SMILES string of the molecule is Cn1nc(-c2ccccc2)c(-c2ccccc2)c(C(=O)Nc2cc(C(F)(F)F)cc(C(F)(F)F)c2)c1=O. The third kappa shape index (κ3) is 5.40. The molecular formula is C26H17F6N3O2. The predicted molar refractivity (Wildman–Crippen MR) is 125 cm³/mol. The molecule has 4 aromatic rings. The van der Waals surface area contributed by atoms with Crippen molar-refractivity contribution < 1.29 is 31.1 Å². The monoisotopic (exact) mass is 517 g/mol. The highest BCUT2D eigenvalue weighted by Gasteiger charge is 2.37. The molecule has 190 valence electrons. The Kier molecular flexibility index (Phi) is 6.64. The Morgan fingerprint density at radius 2 is 1.27 bits per heavy atom. The Morgan fingerprint density at radius 1 is 0.784 bits per heavy atom. The minimum Gasteiger partial charge on any atom is -0.322 e. The number of benzene rings is 3. The summed E-state index contributed by atoms with van der Waals surface area (Å²) in [7, 11) is 1.28. The summed E-state index contributed by atoms with van der Waals surface area (Å²) < 4.78 is 80.7.